The quantitative estimate of drug-likeness (QED) is 0.624. The molecule has 0 aliphatic carbocycles. The summed E-state index contributed by atoms with van der Waals surface area (Å²) in [5, 5.41) is 17.3. The van der Waals surface area contributed by atoms with Gasteiger partial charge < -0.3 is 10.6 Å². The lowest BCUT2D eigenvalue weighted by Gasteiger charge is -2.22. The number of aryl methyl sites for hydroxylation is 1. The van der Waals surface area contributed by atoms with Crippen molar-refractivity contribution in [1.29, 1.82) is 0 Å². The number of hydrogen-bond donors (Lipinski definition) is 2. The first-order valence-corrected chi connectivity index (χ1v) is 7.88. The van der Waals surface area contributed by atoms with Gasteiger partial charge in [0.1, 0.15) is 0 Å². The van der Waals surface area contributed by atoms with E-state index in [-0.39, 0.29) is 11.6 Å². The van der Waals surface area contributed by atoms with Gasteiger partial charge in [0.15, 0.2) is 0 Å². The number of nitrogens with one attached hydrogen (secondary N) is 2. The molecule has 1 aliphatic heterocycles. The van der Waals surface area contributed by atoms with Gasteiger partial charge in [-0.2, -0.15) is 0 Å². The molecule has 1 aromatic carbocycles. The molecule has 6 nitrogen and oxygen atoms in total. The van der Waals surface area contributed by atoms with Crippen molar-refractivity contribution in [3.05, 3.63) is 39.4 Å². The molecule has 2 N–H and O–H groups in total. The monoisotopic (exact) mass is 305 g/mol. The zero-order valence-corrected chi connectivity index (χ0v) is 12.9. The summed E-state index contributed by atoms with van der Waals surface area (Å²) in [6.07, 6.45) is 3.89. The molecule has 0 radical (unpaired) electrons. The Morgan fingerprint density at radius 2 is 2.32 bits per heavy atom. The molecule has 0 bridgehead atoms. The third kappa shape index (κ3) is 4.27. The third-order valence-corrected chi connectivity index (χ3v) is 4.16. The summed E-state index contributed by atoms with van der Waals surface area (Å²) in [5.74, 6) is 0.361. The maximum Gasteiger partial charge on any atom is 0.273 e. The van der Waals surface area contributed by atoms with E-state index in [4.69, 9.17) is 0 Å². The number of benzene rings is 1. The van der Waals surface area contributed by atoms with Gasteiger partial charge in [0.2, 0.25) is 0 Å². The molecule has 1 aliphatic rings. The van der Waals surface area contributed by atoms with Crippen LogP contribution in [0, 0.1) is 16.0 Å². The third-order valence-electron chi connectivity index (χ3n) is 4.16. The Kier molecular flexibility index (Phi) is 5.89. The lowest BCUT2D eigenvalue weighted by molar-refractivity contribution is -0.385. The summed E-state index contributed by atoms with van der Waals surface area (Å²) in [4.78, 5) is 22.7. The highest BCUT2D eigenvalue weighted by Crippen LogP contribution is 2.21. The average molecular weight is 305 g/mol. The van der Waals surface area contributed by atoms with Crippen LogP contribution in [-0.4, -0.2) is 30.5 Å². The number of amides is 1. The SMILES string of the molecule is CCc1ccc(C(=O)NCCC2CCCNC2)cc1[N+](=O)[O-]. The summed E-state index contributed by atoms with van der Waals surface area (Å²) in [5.41, 5.74) is 1.02. The molecule has 1 unspecified atom stereocenters. The van der Waals surface area contributed by atoms with E-state index in [9.17, 15) is 14.9 Å². The van der Waals surface area contributed by atoms with E-state index < -0.39 is 4.92 Å². The van der Waals surface area contributed by atoms with Crippen molar-refractivity contribution in [1.82, 2.24) is 10.6 Å². The Bertz CT molecular complexity index is 539. The minimum Gasteiger partial charge on any atom is -0.352 e. The molecule has 120 valence electrons. The molecule has 0 aromatic heterocycles. The largest absolute Gasteiger partial charge is 0.352 e. The fraction of sp³-hybridized carbons (Fsp3) is 0.562. The minimum absolute atomic E-state index is 0.0200. The maximum atomic E-state index is 12.1. The molecule has 0 spiro atoms. The van der Waals surface area contributed by atoms with Crippen molar-refractivity contribution in [2.75, 3.05) is 19.6 Å². The Morgan fingerprint density at radius 1 is 1.50 bits per heavy atom. The minimum atomic E-state index is -0.427. The van der Waals surface area contributed by atoms with Crippen LogP contribution in [0.1, 0.15) is 42.1 Å². The van der Waals surface area contributed by atoms with Gasteiger partial charge in [-0.05, 0) is 50.8 Å². The van der Waals surface area contributed by atoms with Gasteiger partial charge in [0.05, 0.1) is 4.92 Å². The van der Waals surface area contributed by atoms with E-state index in [0.29, 0.717) is 30.0 Å². The second-order valence-electron chi connectivity index (χ2n) is 5.71. The Balaban J connectivity index is 1.91. The van der Waals surface area contributed by atoms with Crippen LogP contribution >= 0.6 is 0 Å². The van der Waals surface area contributed by atoms with Crippen LogP contribution in [0.15, 0.2) is 18.2 Å². The Hall–Kier alpha value is -1.95. The fourth-order valence-corrected chi connectivity index (χ4v) is 2.84. The predicted molar refractivity (Wildman–Crippen MR) is 85.0 cm³/mol. The molecule has 1 aromatic rings. The van der Waals surface area contributed by atoms with Crippen LogP contribution in [0.2, 0.25) is 0 Å². The van der Waals surface area contributed by atoms with Crippen LogP contribution < -0.4 is 10.6 Å². The second kappa shape index (κ2) is 7.89. The van der Waals surface area contributed by atoms with Gasteiger partial charge in [0, 0.05) is 23.7 Å². The summed E-state index contributed by atoms with van der Waals surface area (Å²) >= 11 is 0. The zero-order chi connectivity index (χ0) is 15.9. The van der Waals surface area contributed by atoms with Crippen molar-refractivity contribution in [3.8, 4) is 0 Å². The number of nitro benzene ring substituents is 1. The van der Waals surface area contributed by atoms with Crippen LogP contribution in [-0.2, 0) is 6.42 Å². The molecule has 2 rings (SSSR count). The van der Waals surface area contributed by atoms with Gasteiger partial charge in [-0.3, -0.25) is 14.9 Å². The van der Waals surface area contributed by atoms with Crippen LogP contribution in [0.25, 0.3) is 0 Å². The lowest BCUT2D eigenvalue weighted by Crippen LogP contribution is -2.33. The first-order valence-electron chi connectivity index (χ1n) is 7.88. The number of carbonyl (C=O) groups is 1. The normalized spacial score (nSPS) is 18.0. The van der Waals surface area contributed by atoms with Crippen LogP contribution in [0.4, 0.5) is 5.69 Å². The highest BCUT2D eigenvalue weighted by molar-refractivity contribution is 5.94. The lowest BCUT2D eigenvalue weighted by atomic mass is 9.96. The zero-order valence-electron chi connectivity index (χ0n) is 12.9. The van der Waals surface area contributed by atoms with Gasteiger partial charge in [0.25, 0.3) is 11.6 Å². The van der Waals surface area contributed by atoms with E-state index >= 15 is 0 Å². The molecular weight excluding hydrogens is 282 g/mol. The number of piperidine rings is 1. The Morgan fingerprint density at radius 3 is 2.95 bits per heavy atom. The molecule has 1 amide bonds. The number of rotatable bonds is 6. The van der Waals surface area contributed by atoms with Gasteiger partial charge >= 0.3 is 0 Å². The predicted octanol–water partition coefficient (Wildman–Crippen LogP) is 2.28. The van der Waals surface area contributed by atoms with Crippen molar-refractivity contribution in [2.24, 2.45) is 5.92 Å². The Labute approximate surface area is 130 Å². The summed E-state index contributed by atoms with van der Waals surface area (Å²) < 4.78 is 0. The van der Waals surface area contributed by atoms with Gasteiger partial charge in [-0.1, -0.05) is 13.0 Å². The van der Waals surface area contributed by atoms with E-state index in [1.165, 1.54) is 18.9 Å². The summed E-state index contributed by atoms with van der Waals surface area (Å²) in [6, 6.07) is 4.69. The van der Waals surface area contributed by atoms with E-state index in [1.807, 2.05) is 6.92 Å². The molecule has 1 fully saturated rings. The van der Waals surface area contributed by atoms with Gasteiger partial charge in [-0.25, -0.2) is 0 Å². The molecule has 1 heterocycles. The molecule has 22 heavy (non-hydrogen) atoms. The molecule has 1 atom stereocenters. The van der Waals surface area contributed by atoms with E-state index in [2.05, 4.69) is 10.6 Å². The first-order chi connectivity index (χ1) is 10.6. The standard InChI is InChI=1S/C16H23N3O3/c1-2-13-5-6-14(10-15(13)19(21)22)16(20)18-9-7-12-4-3-8-17-11-12/h5-6,10,12,17H,2-4,7-9,11H2,1H3,(H,18,20). The van der Waals surface area contributed by atoms with E-state index in [1.54, 1.807) is 12.1 Å². The fourth-order valence-electron chi connectivity index (χ4n) is 2.84. The second-order valence-corrected chi connectivity index (χ2v) is 5.71. The van der Waals surface area contributed by atoms with Crippen molar-refractivity contribution in [3.63, 3.8) is 0 Å². The topological polar surface area (TPSA) is 84.3 Å². The number of carbonyl (C=O) groups excluding carboxylic acids is 1. The van der Waals surface area contributed by atoms with E-state index in [0.717, 1.165) is 19.5 Å². The number of nitrogens with zero attached hydrogens (tertiary/aromatic N) is 1. The molecule has 1 saturated heterocycles. The maximum absolute atomic E-state index is 12.1. The van der Waals surface area contributed by atoms with Crippen LogP contribution in [0.5, 0.6) is 0 Å². The smallest absolute Gasteiger partial charge is 0.273 e. The first kappa shape index (κ1) is 16.4. The summed E-state index contributed by atoms with van der Waals surface area (Å²) in [7, 11) is 0. The molecular formula is C16H23N3O3. The van der Waals surface area contributed by atoms with Crippen LogP contribution in [0.3, 0.4) is 0 Å². The van der Waals surface area contributed by atoms with Crippen molar-refractivity contribution < 1.29 is 9.72 Å². The summed E-state index contributed by atoms with van der Waals surface area (Å²) in [6.45, 7) is 4.55. The number of hydrogen-bond acceptors (Lipinski definition) is 4. The van der Waals surface area contributed by atoms with Crippen molar-refractivity contribution >= 4 is 11.6 Å². The highest BCUT2D eigenvalue weighted by Gasteiger charge is 2.17. The average Bonchev–Trinajstić information content (AvgIpc) is 2.55. The number of nitro groups is 1. The van der Waals surface area contributed by atoms with Gasteiger partial charge in [-0.15, -0.1) is 0 Å². The van der Waals surface area contributed by atoms with Crippen molar-refractivity contribution in [2.45, 2.75) is 32.6 Å². The molecule has 0 saturated carbocycles. The highest BCUT2D eigenvalue weighted by atomic mass is 16.6. The molecule has 6 heteroatoms.